The fourth-order valence-electron chi connectivity index (χ4n) is 1.91. The second-order valence-electron chi connectivity index (χ2n) is 4.25. The lowest BCUT2D eigenvalue weighted by molar-refractivity contribution is -0.174. The summed E-state index contributed by atoms with van der Waals surface area (Å²) in [7, 11) is 0. The van der Waals surface area contributed by atoms with Gasteiger partial charge in [0.05, 0.1) is 17.6 Å². The summed E-state index contributed by atoms with van der Waals surface area (Å²) in [5, 5.41) is 9.24. The van der Waals surface area contributed by atoms with E-state index in [1.807, 2.05) is 0 Å². The van der Waals surface area contributed by atoms with Crippen molar-refractivity contribution in [1.82, 2.24) is 9.55 Å². The van der Waals surface area contributed by atoms with Crippen LogP contribution in [0.1, 0.15) is 5.82 Å². The lowest BCUT2D eigenvalue weighted by Crippen LogP contribution is -2.19. The number of rotatable bonds is 5. The Labute approximate surface area is 112 Å². The van der Waals surface area contributed by atoms with Crippen molar-refractivity contribution in [2.24, 2.45) is 0 Å². The molecule has 3 N–H and O–H groups in total. The third-order valence-corrected chi connectivity index (χ3v) is 2.72. The Bertz CT molecular complexity index is 595. The van der Waals surface area contributed by atoms with Crippen LogP contribution in [0.3, 0.4) is 0 Å². The quantitative estimate of drug-likeness (QED) is 0.649. The highest BCUT2D eigenvalue weighted by atomic mass is 19.4. The van der Waals surface area contributed by atoms with Gasteiger partial charge in [-0.3, -0.25) is 0 Å². The van der Waals surface area contributed by atoms with E-state index in [0.717, 1.165) is 0 Å². The molecule has 1 aromatic carbocycles. The molecule has 1 aromatic heterocycles. The van der Waals surface area contributed by atoms with Crippen LogP contribution in [0.4, 0.5) is 18.9 Å². The fourth-order valence-corrected chi connectivity index (χ4v) is 1.91. The third kappa shape index (κ3) is 3.40. The van der Waals surface area contributed by atoms with Gasteiger partial charge in [-0.2, -0.15) is 13.2 Å². The minimum Gasteiger partial charge on any atom is -0.399 e. The van der Waals surface area contributed by atoms with Gasteiger partial charge >= 0.3 is 6.18 Å². The van der Waals surface area contributed by atoms with Crippen LogP contribution < -0.4 is 5.73 Å². The highest BCUT2D eigenvalue weighted by Gasteiger charge is 2.27. The molecule has 0 aliphatic rings. The van der Waals surface area contributed by atoms with Gasteiger partial charge in [-0.1, -0.05) is 0 Å². The molecule has 1 heterocycles. The van der Waals surface area contributed by atoms with Gasteiger partial charge in [0.15, 0.2) is 0 Å². The monoisotopic (exact) mass is 289 g/mol. The average molecular weight is 289 g/mol. The molecule has 0 saturated heterocycles. The minimum absolute atomic E-state index is 0.123. The number of aliphatic hydroxyl groups is 1. The van der Waals surface area contributed by atoms with Crippen LogP contribution in [0.15, 0.2) is 18.2 Å². The summed E-state index contributed by atoms with van der Waals surface area (Å²) in [4.78, 5) is 4.17. The molecular formula is C12H14F3N3O2. The predicted octanol–water partition coefficient (Wildman–Crippen LogP) is 1.69. The Hall–Kier alpha value is -1.80. The van der Waals surface area contributed by atoms with Crippen LogP contribution in [0.25, 0.3) is 11.0 Å². The van der Waals surface area contributed by atoms with E-state index in [2.05, 4.69) is 9.72 Å². The molecule has 110 valence electrons. The van der Waals surface area contributed by atoms with Gasteiger partial charge in [-0.05, 0) is 18.2 Å². The molecule has 0 radical (unpaired) electrons. The first-order valence-electron chi connectivity index (χ1n) is 5.90. The second-order valence-corrected chi connectivity index (χ2v) is 4.25. The predicted molar refractivity (Wildman–Crippen MR) is 66.9 cm³/mol. The van der Waals surface area contributed by atoms with E-state index >= 15 is 0 Å². The van der Waals surface area contributed by atoms with Crippen molar-refractivity contribution < 1.29 is 23.0 Å². The molecule has 5 nitrogen and oxygen atoms in total. The number of anilines is 1. The maximum atomic E-state index is 12.0. The Morgan fingerprint density at radius 2 is 2.10 bits per heavy atom. The molecule has 0 spiro atoms. The molecule has 0 bridgehead atoms. The molecule has 0 atom stereocenters. The highest BCUT2D eigenvalue weighted by molar-refractivity contribution is 5.79. The SMILES string of the molecule is Nc1ccc2c(c1)nc(CO)n2CCOCC(F)(F)F. The number of alkyl halides is 3. The Morgan fingerprint density at radius 1 is 1.35 bits per heavy atom. The van der Waals surface area contributed by atoms with E-state index < -0.39 is 12.8 Å². The first-order chi connectivity index (χ1) is 9.40. The summed E-state index contributed by atoms with van der Waals surface area (Å²) in [6.07, 6.45) is -4.34. The van der Waals surface area contributed by atoms with Gasteiger partial charge in [0, 0.05) is 12.2 Å². The van der Waals surface area contributed by atoms with E-state index in [-0.39, 0.29) is 19.8 Å². The number of aliphatic hydroxyl groups excluding tert-OH is 1. The summed E-state index contributed by atoms with van der Waals surface area (Å²) in [5.74, 6) is 0.362. The van der Waals surface area contributed by atoms with Crippen molar-refractivity contribution in [1.29, 1.82) is 0 Å². The Balaban J connectivity index is 2.12. The zero-order valence-corrected chi connectivity index (χ0v) is 10.5. The van der Waals surface area contributed by atoms with E-state index in [1.54, 1.807) is 22.8 Å². The van der Waals surface area contributed by atoms with Crippen LogP contribution in [-0.4, -0.2) is 34.0 Å². The first kappa shape index (κ1) is 14.6. The highest BCUT2D eigenvalue weighted by Crippen LogP contribution is 2.19. The Kier molecular flexibility index (Phi) is 4.15. The lowest BCUT2D eigenvalue weighted by Gasteiger charge is -2.10. The number of aromatic nitrogens is 2. The number of ether oxygens (including phenoxy) is 1. The van der Waals surface area contributed by atoms with Gasteiger partial charge in [-0.15, -0.1) is 0 Å². The van der Waals surface area contributed by atoms with Gasteiger partial charge in [0.2, 0.25) is 0 Å². The maximum Gasteiger partial charge on any atom is 0.411 e. The molecule has 2 rings (SSSR count). The Morgan fingerprint density at radius 3 is 2.75 bits per heavy atom. The molecule has 0 unspecified atom stereocenters. The maximum absolute atomic E-state index is 12.0. The molecule has 20 heavy (non-hydrogen) atoms. The normalized spacial score (nSPS) is 12.2. The second kappa shape index (κ2) is 5.68. The fraction of sp³-hybridized carbons (Fsp3) is 0.417. The molecule has 0 fully saturated rings. The van der Waals surface area contributed by atoms with Crippen molar-refractivity contribution in [2.45, 2.75) is 19.3 Å². The zero-order valence-electron chi connectivity index (χ0n) is 10.5. The van der Waals surface area contributed by atoms with E-state index in [1.165, 1.54) is 0 Å². The van der Waals surface area contributed by atoms with Crippen molar-refractivity contribution >= 4 is 16.7 Å². The number of fused-ring (bicyclic) bond motifs is 1. The summed E-state index contributed by atoms with van der Waals surface area (Å²) in [6, 6.07) is 5.01. The average Bonchev–Trinajstić information content (AvgIpc) is 2.70. The number of nitrogens with zero attached hydrogens (tertiary/aromatic N) is 2. The van der Waals surface area contributed by atoms with Gasteiger partial charge in [0.25, 0.3) is 0 Å². The lowest BCUT2D eigenvalue weighted by atomic mass is 10.3. The number of hydrogen-bond donors (Lipinski definition) is 2. The molecule has 0 aliphatic heterocycles. The number of nitrogens with two attached hydrogens (primary N) is 1. The number of hydrogen-bond acceptors (Lipinski definition) is 4. The smallest absolute Gasteiger partial charge is 0.399 e. The zero-order chi connectivity index (χ0) is 14.8. The third-order valence-electron chi connectivity index (χ3n) is 2.72. The summed E-state index contributed by atoms with van der Waals surface area (Å²) >= 11 is 0. The van der Waals surface area contributed by atoms with Crippen LogP contribution in [0, 0.1) is 0 Å². The molecule has 2 aromatic rings. The van der Waals surface area contributed by atoms with Crippen molar-refractivity contribution in [2.75, 3.05) is 18.9 Å². The summed E-state index contributed by atoms with van der Waals surface area (Å²) in [6.45, 7) is -1.55. The van der Waals surface area contributed by atoms with Crippen molar-refractivity contribution in [3.8, 4) is 0 Å². The van der Waals surface area contributed by atoms with Gasteiger partial charge in [-0.25, -0.2) is 4.98 Å². The van der Waals surface area contributed by atoms with Gasteiger partial charge in [0.1, 0.15) is 19.0 Å². The minimum atomic E-state index is -4.34. The number of halogens is 3. The van der Waals surface area contributed by atoms with Crippen LogP contribution >= 0.6 is 0 Å². The number of imidazole rings is 1. The summed E-state index contributed by atoms with van der Waals surface area (Å²) in [5.41, 5.74) is 7.44. The van der Waals surface area contributed by atoms with Crippen LogP contribution in [0.2, 0.25) is 0 Å². The largest absolute Gasteiger partial charge is 0.411 e. The van der Waals surface area contributed by atoms with E-state index in [4.69, 9.17) is 5.73 Å². The van der Waals surface area contributed by atoms with Gasteiger partial charge < -0.3 is 20.1 Å². The first-order valence-corrected chi connectivity index (χ1v) is 5.90. The van der Waals surface area contributed by atoms with E-state index in [0.29, 0.717) is 22.5 Å². The molecule has 8 heteroatoms. The standard InChI is InChI=1S/C12H14F3N3O2/c13-12(14,15)7-20-4-3-18-10-2-1-8(16)5-9(10)17-11(18)6-19/h1-2,5,19H,3-4,6-7,16H2. The topological polar surface area (TPSA) is 73.3 Å². The molecule has 0 amide bonds. The van der Waals surface area contributed by atoms with E-state index in [9.17, 15) is 18.3 Å². The molecular weight excluding hydrogens is 275 g/mol. The molecule has 0 aliphatic carbocycles. The molecule has 0 saturated carbocycles. The van der Waals surface area contributed by atoms with Crippen LogP contribution in [0.5, 0.6) is 0 Å². The van der Waals surface area contributed by atoms with Crippen molar-refractivity contribution in [3.63, 3.8) is 0 Å². The number of benzene rings is 1. The van der Waals surface area contributed by atoms with Crippen LogP contribution in [-0.2, 0) is 17.9 Å². The van der Waals surface area contributed by atoms with Crippen molar-refractivity contribution in [3.05, 3.63) is 24.0 Å². The summed E-state index contributed by atoms with van der Waals surface area (Å²) < 4.78 is 42.1. The number of nitrogen functional groups attached to an aromatic ring is 1.